The average molecular weight is 249 g/mol. The van der Waals surface area contributed by atoms with Crippen molar-refractivity contribution >= 4 is 5.69 Å². The SMILES string of the molecule is CC1(C)OCC(Nc2ccc3c(c2)CCO3)CO1. The summed E-state index contributed by atoms with van der Waals surface area (Å²) >= 11 is 0. The highest BCUT2D eigenvalue weighted by Crippen LogP contribution is 2.28. The quantitative estimate of drug-likeness (QED) is 0.872. The maximum Gasteiger partial charge on any atom is 0.162 e. The van der Waals surface area contributed by atoms with Gasteiger partial charge in [0.05, 0.1) is 25.9 Å². The number of hydrogen-bond acceptors (Lipinski definition) is 4. The molecule has 0 bridgehead atoms. The van der Waals surface area contributed by atoms with Crippen LogP contribution in [0.5, 0.6) is 5.75 Å². The Bertz CT molecular complexity index is 435. The van der Waals surface area contributed by atoms with Crippen molar-refractivity contribution in [3.05, 3.63) is 23.8 Å². The van der Waals surface area contributed by atoms with Crippen molar-refractivity contribution in [3.8, 4) is 5.75 Å². The molecule has 1 saturated heterocycles. The number of anilines is 1. The van der Waals surface area contributed by atoms with Gasteiger partial charge in [-0.2, -0.15) is 0 Å². The summed E-state index contributed by atoms with van der Waals surface area (Å²) in [5, 5.41) is 3.44. The molecule has 18 heavy (non-hydrogen) atoms. The van der Waals surface area contributed by atoms with Crippen molar-refractivity contribution in [2.45, 2.75) is 32.1 Å². The topological polar surface area (TPSA) is 39.7 Å². The summed E-state index contributed by atoms with van der Waals surface area (Å²) in [6.07, 6.45) is 0.996. The highest BCUT2D eigenvalue weighted by atomic mass is 16.7. The van der Waals surface area contributed by atoms with Crippen LogP contribution in [0, 0.1) is 0 Å². The smallest absolute Gasteiger partial charge is 0.162 e. The van der Waals surface area contributed by atoms with E-state index in [0.717, 1.165) is 24.5 Å². The van der Waals surface area contributed by atoms with E-state index in [9.17, 15) is 0 Å². The molecule has 0 amide bonds. The Hall–Kier alpha value is -1.26. The summed E-state index contributed by atoms with van der Waals surface area (Å²) in [5.74, 6) is 0.557. The van der Waals surface area contributed by atoms with E-state index >= 15 is 0 Å². The first-order valence-corrected chi connectivity index (χ1v) is 6.43. The molecule has 0 aliphatic carbocycles. The number of ether oxygens (including phenoxy) is 3. The number of fused-ring (bicyclic) bond motifs is 1. The van der Waals surface area contributed by atoms with Gasteiger partial charge in [0.1, 0.15) is 5.75 Å². The Labute approximate surface area is 107 Å². The number of hydrogen-bond donors (Lipinski definition) is 1. The maximum atomic E-state index is 5.63. The van der Waals surface area contributed by atoms with E-state index in [1.807, 2.05) is 26.0 Å². The van der Waals surface area contributed by atoms with Crippen LogP contribution in [-0.4, -0.2) is 31.6 Å². The lowest BCUT2D eigenvalue weighted by atomic mass is 10.1. The first-order chi connectivity index (χ1) is 8.62. The molecule has 2 aliphatic heterocycles. The first kappa shape index (κ1) is 11.8. The molecular formula is C14H19NO3. The van der Waals surface area contributed by atoms with Gasteiger partial charge in [-0.15, -0.1) is 0 Å². The monoisotopic (exact) mass is 249 g/mol. The van der Waals surface area contributed by atoms with Gasteiger partial charge in [0.2, 0.25) is 0 Å². The molecule has 2 heterocycles. The van der Waals surface area contributed by atoms with Gasteiger partial charge in [0.15, 0.2) is 5.79 Å². The molecule has 0 spiro atoms. The molecule has 1 aromatic rings. The van der Waals surface area contributed by atoms with E-state index in [0.29, 0.717) is 13.2 Å². The second-order valence-corrected chi connectivity index (χ2v) is 5.28. The third kappa shape index (κ3) is 2.44. The minimum absolute atomic E-state index is 0.207. The summed E-state index contributed by atoms with van der Waals surface area (Å²) in [5.41, 5.74) is 2.38. The number of benzene rings is 1. The molecule has 0 unspecified atom stereocenters. The highest BCUT2D eigenvalue weighted by molar-refractivity contribution is 5.53. The Morgan fingerprint density at radius 3 is 2.78 bits per heavy atom. The van der Waals surface area contributed by atoms with Gasteiger partial charge in [-0.05, 0) is 37.6 Å². The minimum Gasteiger partial charge on any atom is -0.493 e. The third-order valence-corrected chi connectivity index (χ3v) is 3.32. The molecule has 1 aromatic carbocycles. The van der Waals surface area contributed by atoms with Crippen LogP contribution in [0.2, 0.25) is 0 Å². The molecule has 4 heteroatoms. The van der Waals surface area contributed by atoms with Crippen molar-refractivity contribution in [1.82, 2.24) is 0 Å². The zero-order valence-corrected chi connectivity index (χ0v) is 10.9. The van der Waals surface area contributed by atoms with E-state index in [1.54, 1.807) is 0 Å². The van der Waals surface area contributed by atoms with Gasteiger partial charge in [0.25, 0.3) is 0 Å². The van der Waals surface area contributed by atoms with Crippen molar-refractivity contribution in [2.24, 2.45) is 0 Å². The summed E-state index contributed by atoms with van der Waals surface area (Å²) in [7, 11) is 0. The van der Waals surface area contributed by atoms with Crippen molar-refractivity contribution in [3.63, 3.8) is 0 Å². The first-order valence-electron chi connectivity index (χ1n) is 6.43. The second kappa shape index (κ2) is 4.44. The molecule has 1 fully saturated rings. The largest absolute Gasteiger partial charge is 0.493 e. The molecule has 98 valence electrons. The van der Waals surface area contributed by atoms with E-state index in [-0.39, 0.29) is 6.04 Å². The average Bonchev–Trinajstić information content (AvgIpc) is 2.79. The van der Waals surface area contributed by atoms with Gasteiger partial charge in [0, 0.05) is 12.1 Å². The zero-order chi connectivity index (χ0) is 12.6. The lowest BCUT2D eigenvalue weighted by Gasteiger charge is -2.35. The Balaban J connectivity index is 1.63. The van der Waals surface area contributed by atoms with Crippen molar-refractivity contribution in [1.29, 1.82) is 0 Å². The molecule has 0 aromatic heterocycles. The summed E-state index contributed by atoms with van der Waals surface area (Å²) in [6.45, 7) is 6.01. The fraction of sp³-hybridized carbons (Fsp3) is 0.571. The van der Waals surface area contributed by atoms with Crippen LogP contribution >= 0.6 is 0 Å². The maximum absolute atomic E-state index is 5.63. The van der Waals surface area contributed by atoms with E-state index < -0.39 is 5.79 Å². The van der Waals surface area contributed by atoms with E-state index in [4.69, 9.17) is 14.2 Å². The summed E-state index contributed by atoms with van der Waals surface area (Å²) in [6, 6.07) is 6.43. The fourth-order valence-electron chi connectivity index (χ4n) is 2.29. The standard InChI is InChI=1S/C14H19NO3/c1-14(2)17-8-12(9-18-14)15-11-3-4-13-10(7-11)5-6-16-13/h3-4,7,12,15H,5-6,8-9H2,1-2H3. The molecular weight excluding hydrogens is 230 g/mol. The predicted octanol–water partition coefficient (Wildman–Crippen LogP) is 2.18. The molecule has 0 atom stereocenters. The summed E-state index contributed by atoms with van der Waals surface area (Å²) < 4.78 is 16.8. The van der Waals surface area contributed by atoms with Gasteiger partial charge in [-0.3, -0.25) is 0 Å². The molecule has 2 aliphatic rings. The van der Waals surface area contributed by atoms with Gasteiger partial charge >= 0.3 is 0 Å². The van der Waals surface area contributed by atoms with E-state index in [1.165, 1.54) is 5.56 Å². The molecule has 0 radical (unpaired) electrons. The summed E-state index contributed by atoms with van der Waals surface area (Å²) in [4.78, 5) is 0. The Morgan fingerprint density at radius 2 is 2.00 bits per heavy atom. The normalized spacial score (nSPS) is 22.3. The number of nitrogens with one attached hydrogen (secondary N) is 1. The second-order valence-electron chi connectivity index (χ2n) is 5.28. The van der Waals surface area contributed by atoms with Crippen LogP contribution in [0.15, 0.2) is 18.2 Å². The Kier molecular flexibility index (Phi) is 2.92. The third-order valence-electron chi connectivity index (χ3n) is 3.32. The lowest BCUT2D eigenvalue weighted by Crippen LogP contribution is -2.45. The predicted molar refractivity (Wildman–Crippen MR) is 69.0 cm³/mol. The van der Waals surface area contributed by atoms with Crippen LogP contribution in [0.4, 0.5) is 5.69 Å². The number of rotatable bonds is 2. The van der Waals surface area contributed by atoms with Crippen molar-refractivity contribution < 1.29 is 14.2 Å². The van der Waals surface area contributed by atoms with E-state index in [2.05, 4.69) is 11.4 Å². The fourth-order valence-corrected chi connectivity index (χ4v) is 2.29. The molecule has 4 nitrogen and oxygen atoms in total. The van der Waals surface area contributed by atoms with Gasteiger partial charge in [-0.1, -0.05) is 0 Å². The lowest BCUT2D eigenvalue weighted by molar-refractivity contribution is -0.247. The zero-order valence-electron chi connectivity index (χ0n) is 10.9. The Morgan fingerprint density at radius 1 is 1.22 bits per heavy atom. The van der Waals surface area contributed by atoms with Crippen LogP contribution in [0.3, 0.4) is 0 Å². The molecule has 1 N–H and O–H groups in total. The van der Waals surface area contributed by atoms with Gasteiger partial charge < -0.3 is 19.5 Å². The van der Waals surface area contributed by atoms with Crippen LogP contribution in [-0.2, 0) is 15.9 Å². The molecule has 0 saturated carbocycles. The molecule has 3 rings (SSSR count). The van der Waals surface area contributed by atoms with Crippen LogP contribution in [0.25, 0.3) is 0 Å². The minimum atomic E-state index is -0.454. The highest BCUT2D eigenvalue weighted by Gasteiger charge is 2.28. The van der Waals surface area contributed by atoms with Gasteiger partial charge in [-0.25, -0.2) is 0 Å². The van der Waals surface area contributed by atoms with Crippen LogP contribution in [0.1, 0.15) is 19.4 Å². The van der Waals surface area contributed by atoms with Crippen molar-refractivity contribution in [2.75, 3.05) is 25.1 Å². The van der Waals surface area contributed by atoms with Crippen LogP contribution < -0.4 is 10.1 Å².